The van der Waals surface area contributed by atoms with E-state index in [4.69, 9.17) is 0 Å². The van der Waals surface area contributed by atoms with Crippen molar-refractivity contribution < 1.29 is 21.6 Å². The molecule has 27 heavy (non-hydrogen) atoms. The van der Waals surface area contributed by atoms with Crippen LogP contribution in [0.25, 0.3) is 0 Å². The Bertz CT molecular complexity index is 903. The lowest BCUT2D eigenvalue weighted by molar-refractivity contribution is -0.142. The molecule has 1 aromatic carbocycles. The van der Waals surface area contributed by atoms with Gasteiger partial charge in [-0.25, -0.2) is 13.1 Å². The second-order valence-electron chi connectivity index (χ2n) is 6.60. The molecule has 0 amide bonds. The van der Waals surface area contributed by atoms with E-state index in [0.29, 0.717) is 25.0 Å². The molecule has 5 nitrogen and oxygen atoms in total. The van der Waals surface area contributed by atoms with Crippen molar-refractivity contribution >= 4 is 10.0 Å². The predicted octanol–water partition coefficient (Wildman–Crippen LogP) is 3.32. The smallest absolute Gasteiger partial charge is 0.267 e. The first kappa shape index (κ1) is 19.9. The van der Waals surface area contributed by atoms with E-state index in [-0.39, 0.29) is 23.5 Å². The van der Waals surface area contributed by atoms with Gasteiger partial charge < -0.3 is 0 Å². The molecule has 1 aliphatic carbocycles. The molecule has 9 heteroatoms. The number of alkyl halides is 3. The Hall–Kier alpha value is -1.87. The number of aromatic nitrogens is 2. The van der Waals surface area contributed by atoms with Crippen molar-refractivity contribution in [1.29, 1.82) is 0 Å². The third-order valence-corrected chi connectivity index (χ3v) is 6.26. The van der Waals surface area contributed by atoms with E-state index in [1.165, 1.54) is 16.8 Å². The first-order chi connectivity index (χ1) is 12.7. The number of hydrogen-bond acceptors (Lipinski definition) is 3. The van der Waals surface area contributed by atoms with Crippen molar-refractivity contribution in [3.05, 3.63) is 46.8 Å². The van der Waals surface area contributed by atoms with E-state index in [1.807, 2.05) is 6.92 Å². The molecule has 148 valence electrons. The molecule has 1 aliphatic rings. The molecule has 0 saturated carbocycles. The highest BCUT2D eigenvalue weighted by Crippen LogP contribution is 2.35. The lowest BCUT2D eigenvalue weighted by Gasteiger charge is -2.15. The van der Waals surface area contributed by atoms with Gasteiger partial charge in [0, 0.05) is 17.8 Å². The topological polar surface area (TPSA) is 64.0 Å². The van der Waals surface area contributed by atoms with Gasteiger partial charge in [0.2, 0.25) is 10.0 Å². The van der Waals surface area contributed by atoms with Crippen LogP contribution in [0.4, 0.5) is 13.2 Å². The first-order valence-electron chi connectivity index (χ1n) is 8.96. The largest absolute Gasteiger partial charge is 0.435 e. The Kier molecular flexibility index (Phi) is 5.62. The van der Waals surface area contributed by atoms with Gasteiger partial charge in [-0.2, -0.15) is 18.3 Å². The van der Waals surface area contributed by atoms with Gasteiger partial charge in [-0.1, -0.05) is 19.1 Å². The van der Waals surface area contributed by atoms with Gasteiger partial charge >= 0.3 is 6.18 Å². The Labute approximate surface area is 156 Å². The van der Waals surface area contributed by atoms with Crippen LogP contribution in [0.5, 0.6) is 0 Å². The van der Waals surface area contributed by atoms with Gasteiger partial charge in [0.15, 0.2) is 5.69 Å². The van der Waals surface area contributed by atoms with Crippen molar-refractivity contribution in [2.75, 3.05) is 6.54 Å². The Morgan fingerprint density at radius 1 is 1.15 bits per heavy atom. The quantitative estimate of drug-likeness (QED) is 0.808. The number of sulfonamides is 1. The third kappa shape index (κ3) is 4.35. The Morgan fingerprint density at radius 2 is 1.81 bits per heavy atom. The normalized spacial score (nSPS) is 15.0. The summed E-state index contributed by atoms with van der Waals surface area (Å²) in [6.07, 6.45) is -1.27. The van der Waals surface area contributed by atoms with Crippen LogP contribution in [0.2, 0.25) is 0 Å². The maximum Gasteiger partial charge on any atom is 0.435 e. The summed E-state index contributed by atoms with van der Waals surface area (Å²) in [4.78, 5) is 0.137. The van der Waals surface area contributed by atoms with Crippen LogP contribution in [-0.2, 0) is 42.0 Å². The fraction of sp³-hybridized carbons (Fsp3) is 0.500. The van der Waals surface area contributed by atoms with Gasteiger partial charge in [-0.15, -0.1) is 0 Å². The summed E-state index contributed by atoms with van der Waals surface area (Å²) in [6.45, 7) is 2.01. The van der Waals surface area contributed by atoms with E-state index in [0.717, 1.165) is 18.4 Å². The van der Waals surface area contributed by atoms with Crippen LogP contribution < -0.4 is 4.72 Å². The van der Waals surface area contributed by atoms with Crippen LogP contribution >= 0.6 is 0 Å². The molecule has 0 spiro atoms. The summed E-state index contributed by atoms with van der Waals surface area (Å²) in [5, 5.41) is 3.73. The van der Waals surface area contributed by atoms with Crippen LogP contribution in [0.1, 0.15) is 42.3 Å². The van der Waals surface area contributed by atoms with Crippen LogP contribution in [0, 0.1) is 0 Å². The number of aryl methyl sites for hydroxylation is 1. The summed E-state index contributed by atoms with van der Waals surface area (Å²) in [5.74, 6) is 0. The molecular formula is C18H22F3N3O2S. The highest BCUT2D eigenvalue weighted by Gasteiger charge is 2.39. The van der Waals surface area contributed by atoms with Crippen molar-refractivity contribution in [2.24, 2.45) is 0 Å². The number of halogens is 3. The fourth-order valence-electron chi connectivity index (χ4n) is 3.36. The Morgan fingerprint density at radius 3 is 2.44 bits per heavy atom. The van der Waals surface area contributed by atoms with E-state index in [9.17, 15) is 21.6 Å². The van der Waals surface area contributed by atoms with Gasteiger partial charge in [0.1, 0.15) is 0 Å². The number of rotatable bonds is 6. The number of hydrogen-bond donors (Lipinski definition) is 1. The number of nitrogens with one attached hydrogen (secondary N) is 1. The molecule has 0 aliphatic heterocycles. The zero-order valence-electron chi connectivity index (χ0n) is 15.0. The second-order valence-corrected chi connectivity index (χ2v) is 8.36. The van der Waals surface area contributed by atoms with E-state index in [2.05, 4.69) is 9.82 Å². The second kappa shape index (κ2) is 7.63. The van der Waals surface area contributed by atoms with E-state index >= 15 is 0 Å². The van der Waals surface area contributed by atoms with Gasteiger partial charge in [-0.3, -0.25) is 4.68 Å². The third-order valence-electron chi connectivity index (χ3n) is 4.78. The number of benzene rings is 1. The SMILES string of the molecule is CCc1ccc(S(=O)(=O)NCCn2nc(C(F)(F)F)c3c2CCCC3)cc1. The van der Waals surface area contributed by atoms with Gasteiger partial charge in [0.05, 0.1) is 11.4 Å². The monoisotopic (exact) mass is 401 g/mol. The van der Waals surface area contributed by atoms with Crippen LogP contribution in [0.15, 0.2) is 29.2 Å². The average molecular weight is 401 g/mol. The minimum absolute atomic E-state index is 0.0245. The summed E-state index contributed by atoms with van der Waals surface area (Å²) in [6, 6.07) is 6.54. The molecule has 0 bridgehead atoms. The van der Waals surface area contributed by atoms with Crippen molar-refractivity contribution in [1.82, 2.24) is 14.5 Å². The van der Waals surface area contributed by atoms with E-state index < -0.39 is 21.9 Å². The van der Waals surface area contributed by atoms with Crippen molar-refractivity contribution in [3.63, 3.8) is 0 Å². The summed E-state index contributed by atoms with van der Waals surface area (Å²) in [7, 11) is -3.71. The van der Waals surface area contributed by atoms with Crippen LogP contribution in [0.3, 0.4) is 0 Å². The Balaban J connectivity index is 1.72. The standard InChI is InChI=1S/C18H22F3N3O2S/c1-2-13-7-9-14(10-8-13)27(25,26)22-11-12-24-16-6-4-3-5-15(16)17(23-24)18(19,20)21/h7-10,22H,2-6,11-12H2,1H3. The fourth-order valence-corrected chi connectivity index (χ4v) is 4.38. The minimum Gasteiger partial charge on any atom is -0.267 e. The van der Waals surface area contributed by atoms with Crippen molar-refractivity contribution in [2.45, 2.75) is 56.6 Å². The summed E-state index contributed by atoms with van der Waals surface area (Å²) in [5.41, 5.74) is 1.01. The lowest BCUT2D eigenvalue weighted by Crippen LogP contribution is -2.28. The maximum atomic E-state index is 13.2. The molecule has 0 saturated heterocycles. The maximum absolute atomic E-state index is 13.2. The molecule has 0 atom stereocenters. The zero-order chi connectivity index (χ0) is 19.7. The number of nitrogens with zero attached hydrogens (tertiary/aromatic N) is 2. The first-order valence-corrected chi connectivity index (χ1v) is 10.4. The lowest BCUT2D eigenvalue weighted by atomic mass is 9.95. The molecule has 0 radical (unpaired) electrons. The molecule has 0 unspecified atom stereocenters. The highest BCUT2D eigenvalue weighted by molar-refractivity contribution is 7.89. The molecule has 1 aromatic heterocycles. The van der Waals surface area contributed by atoms with Crippen LogP contribution in [-0.4, -0.2) is 24.7 Å². The zero-order valence-corrected chi connectivity index (χ0v) is 15.8. The molecule has 0 fully saturated rings. The molecule has 3 rings (SSSR count). The summed E-state index contributed by atoms with van der Waals surface area (Å²) >= 11 is 0. The van der Waals surface area contributed by atoms with Gasteiger partial charge in [-0.05, 0) is 49.8 Å². The predicted molar refractivity (Wildman–Crippen MR) is 94.9 cm³/mol. The van der Waals surface area contributed by atoms with Crippen molar-refractivity contribution in [3.8, 4) is 0 Å². The highest BCUT2D eigenvalue weighted by atomic mass is 32.2. The molecular weight excluding hydrogens is 379 g/mol. The summed E-state index contributed by atoms with van der Waals surface area (Å²) < 4.78 is 68.0. The van der Waals surface area contributed by atoms with E-state index in [1.54, 1.807) is 12.1 Å². The molecule has 1 N–H and O–H groups in total. The minimum atomic E-state index is -4.49. The van der Waals surface area contributed by atoms with Gasteiger partial charge in [0.25, 0.3) is 0 Å². The average Bonchev–Trinajstić information content (AvgIpc) is 3.01. The molecule has 2 aromatic rings. The number of fused-ring (bicyclic) bond motifs is 1. The molecule has 1 heterocycles.